The van der Waals surface area contributed by atoms with E-state index in [0.29, 0.717) is 10.2 Å². The van der Waals surface area contributed by atoms with Gasteiger partial charge in [0.25, 0.3) is 0 Å². The molecule has 21 heavy (non-hydrogen) atoms. The van der Waals surface area contributed by atoms with Crippen LogP contribution in [0.4, 0.5) is 0 Å². The lowest BCUT2D eigenvalue weighted by Crippen LogP contribution is -1.93. The first kappa shape index (κ1) is 13.2. The molecule has 0 bridgehead atoms. The van der Waals surface area contributed by atoms with E-state index >= 15 is 0 Å². The molecule has 2 heterocycles. The van der Waals surface area contributed by atoms with E-state index in [1.165, 1.54) is 0 Å². The predicted octanol–water partition coefficient (Wildman–Crippen LogP) is 4.34. The van der Waals surface area contributed by atoms with Crippen LogP contribution in [-0.2, 0) is 0 Å². The number of nitriles is 1. The van der Waals surface area contributed by atoms with E-state index in [4.69, 9.17) is 12.2 Å². The molecule has 2 aromatic heterocycles. The quantitative estimate of drug-likeness (QED) is 0.714. The average molecular weight is 289 g/mol. The Hall–Kier alpha value is -2.77. The third-order valence-corrected chi connectivity index (χ3v) is 3.51. The molecule has 4 heteroatoms. The Morgan fingerprint density at radius 3 is 2.48 bits per heavy atom. The van der Waals surface area contributed by atoms with Crippen LogP contribution in [0.1, 0.15) is 5.56 Å². The first-order valence-corrected chi connectivity index (χ1v) is 6.83. The van der Waals surface area contributed by atoms with E-state index < -0.39 is 0 Å². The molecule has 0 radical (unpaired) electrons. The lowest BCUT2D eigenvalue weighted by molar-refractivity contribution is 1.26. The van der Waals surface area contributed by atoms with Crippen LogP contribution in [0.25, 0.3) is 22.4 Å². The SMILES string of the molecule is N#Cc1c(-c2cccnc2)cc(-c2ccccc2)[nH]c1=S. The summed E-state index contributed by atoms with van der Waals surface area (Å²) >= 11 is 5.33. The smallest absolute Gasteiger partial charge is 0.122 e. The third-order valence-electron chi connectivity index (χ3n) is 3.20. The van der Waals surface area contributed by atoms with Crippen molar-refractivity contribution in [2.45, 2.75) is 0 Å². The first-order valence-electron chi connectivity index (χ1n) is 6.43. The minimum absolute atomic E-state index is 0.442. The van der Waals surface area contributed by atoms with Crippen LogP contribution >= 0.6 is 12.2 Å². The fourth-order valence-electron chi connectivity index (χ4n) is 2.19. The Morgan fingerprint density at radius 2 is 1.81 bits per heavy atom. The van der Waals surface area contributed by atoms with Crippen LogP contribution in [0.2, 0.25) is 0 Å². The molecule has 0 atom stereocenters. The largest absolute Gasteiger partial charge is 0.345 e. The molecule has 100 valence electrons. The number of aromatic nitrogens is 2. The molecule has 1 N–H and O–H groups in total. The number of pyridine rings is 2. The minimum atomic E-state index is 0.442. The van der Waals surface area contributed by atoms with Crippen LogP contribution in [0.15, 0.2) is 60.9 Å². The molecule has 0 spiro atoms. The van der Waals surface area contributed by atoms with Gasteiger partial charge in [0.15, 0.2) is 0 Å². The van der Waals surface area contributed by atoms with Crippen molar-refractivity contribution in [3.63, 3.8) is 0 Å². The number of hydrogen-bond acceptors (Lipinski definition) is 3. The maximum atomic E-state index is 9.36. The van der Waals surface area contributed by atoms with Gasteiger partial charge in [-0.2, -0.15) is 5.26 Å². The molecule has 0 saturated heterocycles. The number of rotatable bonds is 2. The molecule has 0 unspecified atom stereocenters. The van der Waals surface area contributed by atoms with Crippen LogP contribution < -0.4 is 0 Å². The Morgan fingerprint density at radius 1 is 1.05 bits per heavy atom. The topological polar surface area (TPSA) is 52.5 Å². The predicted molar refractivity (Wildman–Crippen MR) is 85.0 cm³/mol. The molecule has 3 nitrogen and oxygen atoms in total. The first-order chi connectivity index (χ1) is 10.3. The normalized spacial score (nSPS) is 10.0. The summed E-state index contributed by atoms with van der Waals surface area (Å²) in [5.41, 5.74) is 4.06. The van der Waals surface area contributed by atoms with Crippen LogP contribution in [-0.4, -0.2) is 9.97 Å². The molecule has 0 aliphatic rings. The van der Waals surface area contributed by atoms with Gasteiger partial charge in [0.1, 0.15) is 10.7 Å². The van der Waals surface area contributed by atoms with E-state index in [-0.39, 0.29) is 0 Å². The van der Waals surface area contributed by atoms with E-state index in [1.807, 2.05) is 48.5 Å². The van der Waals surface area contributed by atoms with Crippen molar-refractivity contribution < 1.29 is 0 Å². The summed E-state index contributed by atoms with van der Waals surface area (Å²) in [7, 11) is 0. The highest BCUT2D eigenvalue weighted by Gasteiger charge is 2.10. The number of nitrogens with one attached hydrogen (secondary N) is 1. The van der Waals surface area contributed by atoms with Gasteiger partial charge in [-0.05, 0) is 17.7 Å². The van der Waals surface area contributed by atoms with Crippen molar-refractivity contribution >= 4 is 12.2 Å². The molecule has 0 fully saturated rings. The van der Waals surface area contributed by atoms with Gasteiger partial charge >= 0.3 is 0 Å². The molecular formula is C17H11N3S. The summed E-state index contributed by atoms with van der Waals surface area (Å²) in [6, 6.07) is 17.8. The molecule has 3 aromatic rings. The summed E-state index contributed by atoms with van der Waals surface area (Å²) in [6.07, 6.45) is 3.44. The van der Waals surface area contributed by atoms with Crippen molar-refractivity contribution in [2.75, 3.05) is 0 Å². The van der Waals surface area contributed by atoms with Crippen molar-refractivity contribution in [2.24, 2.45) is 0 Å². The number of aromatic amines is 1. The second-order valence-electron chi connectivity index (χ2n) is 4.52. The maximum Gasteiger partial charge on any atom is 0.122 e. The fourth-order valence-corrected chi connectivity index (χ4v) is 2.46. The van der Waals surface area contributed by atoms with Crippen LogP contribution in [0.5, 0.6) is 0 Å². The zero-order chi connectivity index (χ0) is 14.7. The van der Waals surface area contributed by atoms with Gasteiger partial charge in [-0.1, -0.05) is 48.6 Å². The van der Waals surface area contributed by atoms with Gasteiger partial charge in [0.05, 0.1) is 5.56 Å². The van der Waals surface area contributed by atoms with E-state index in [9.17, 15) is 5.26 Å². The Bertz CT molecular complexity index is 862. The summed E-state index contributed by atoms with van der Waals surface area (Å²) in [6.45, 7) is 0. The third kappa shape index (κ3) is 2.60. The standard InChI is InChI=1S/C17H11N3S/c18-10-15-14(13-7-4-8-19-11-13)9-16(20-17(15)21)12-5-2-1-3-6-12/h1-9,11H,(H,20,21). The minimum Gasteiger partial charge on any atom is -0.345 e. The Balaban J connectivity index is 2.27. The summed E-state index contributed by atoms with van der Waals surface area (Å²) in [5, 5.41) is 9.36. The summed E-state index contributed by atoms with van der Waals surface area (Å²) in [5.74, 6) is 0. The lowest BCUT2D eigenvalue weighted by atomic mass is 10.0. The molecule has 0 aliphatic heterocycles. The van der Waals surface area contributed by atoms with Crippen LogP contribution in [0.3, 0.4) is 0 Å². The highest BCUT2D eigenvalue weighted by molar-refractivity contribution is 7.71. The molecule has 0 aliphatic carbocycles. The summed E-state index contributed by atoms with van der Waals surface area (Å²) < 4.78 is 0.442. The fraction of sp³-hybridized carbons (Fsp3) is 0. The van der Waals surface area contributed by atoms with Crippen molar-refractivity contribution in [3.8, 4) is 28.5 Å². The zero-order valence-electron chi connectivity index (χ0n) is 11.1. The number of H-pyrrole nitrogens is 1. The van der Waals surface area contributed by atoms with E-state index in [2.05, 4.69) is 16.0 Å². The second-order valence-corrected chi connectivity index (χ2v) is 4.93. The molecular weight excluding hydrogens is 278 g/mol. The molecule has 0 amide bonds. The Labute approximate surface area is 127 Å². The van der Waals surface area contributed by atoms with Gasteiger partial charge in [0.2, 0.25) is 0 Å². The van der Waals surface area contributed by atoms with E-state index in [1.54, 1.807) is 12.4 Å². The van der Waals surface area contributed by atoms with Crippen molar-refractivity contribution in [3.05, 3.63) is 71.1 Å². The average Bonchev–Trinajstić information content (AvgIpc) is 2.55. The van der Waals surface area contributed by atoms with Crippen LogP contribution in [0, 0.1) is 16.0 Å². The number of hydrogen-bond donors (Lipinski definition) is 1. The lowest BCUT2D eigenvalue weighted by Gasteiger charge is -2.08. The van der Waals surface area contributed by atoms with Gasteiger partial charge < -0.3 is 4.98 Å². The molecule has 1 aromatic carbocycles. The van der Waals surface area contributed by atoms with Crippen molar-refractivity contribution in [1.82, 2.24) is 9.97 Å². The highest BCUT2D eigenvalue weighted by Crippen LogP contribution is 2.27. The highest BCUT2D eigenvalue weighted by atomic mass is 32.1. The maximum absolute atomic E-state index is 9.36. The summed E-state index contributed by atoms with van der Waals surface area (Å²) in [4.78, 5) is 7.24. The van der Waals surface area contributed by atoms with E-state index in [0.717, 1.165) is 22.4 Å². The molecule has 3 rings (SSSR count). The monoisotopic (exact) mass is 289 g/mol. The van der Waals surface area contributed by atoms with Gasteiger partial charge in [-0.3, -0.25) is 4.98 Å². The number of nitrogens with zero attached hydrogens (tertiary/aromatic N) is 2. The zero-order valence-corrected chi connectivity index (χ0v) is 11.9. The van der Waals surface area contributed by atoms with Gasteiger partial charge in [-0.25, -0.2) is 0 Å². The molecule has 0 saturated carbocycles. The van der Waals surface area contributed by atoms with Crippen molar-refractivity contribution in [1.29, 1.82) is 5.26 Å². The van der Waals surface area contributed by atoms with Gasteiger partial charge in [0, 0.05) is 29.2 Å². The number of benzene rings is 1. The second kappa shape index (κ2) is 5.70. The van der Waals surface area contributed by atoms with Gasteiger partial charge in [-0.15, -0.1) is 0 Å². The Kier molecular flexibility index (Phi) is 3.59.